The molecule has 0 aliphatic carbocycles. The van der Waals surface area contributed by atoms with Crippen molar-refractivity contribution in [3.63, 3.8) is 0 Å². The van der Waals surface area contributed by atoms with Crippen LogP contribution in [0.1, 0.15) is 5.56 Å². The third-order valence-electron chi connectivity index (χ3n) is 2.19. The highest BCUT2D eigenvalue weighted by atomic mass is 35.5. The van der Waals surface area contributed by atoms with Crippen LogP contribution in [0.2, 0.25) is 0 Å². The summed E-state index contributed by atoms with van der Waals surface area (Å²) in [5.74, 6) is 6.30. The predicted octanol–water partition coefficient (Wildman–Crippen LogP) is 1.51. The number of rotatable bonds is 2. The molecule has 0 spiro atoms. The van der Waals surface area contributed by atoms with Crippen LogP contribution in [0.25, 0.3) is 6.08 Å². The molecule has 17 heavy (non-hydrogen) atoms. The Labute approximate surface area is 104 Å². The van der Waals surface area contributed by atoms with Gasteiger partial charge in [0.15, 0.2) is 5.17 Å². The number of nitrogens with two attached hydrogens (primary N) is 1. The highest BCUT2D eigenvalue weighted by molar-refractivity contribution is 6.71. The molecule has 1 aromatic carbocycles. The summed E-state index contributed by atoms with van der Waals surface area (Å²) in [5, 5.41) is 0.314. The van der Waals surface area contributed by atoms with Crippen molar-refractivity contribution in [2.24, 2.45) is 15.8 Å². The van der Waals surface area contributed by atoms with E-state index < -0.39 is 0 Å². The van der Waals surface area contributed by atoms with Gasteiger partial charge in [-0.25, -0.2) is 10.8 Å². The topological polar surface area (TPSA) is 72.0 Å². The molecule has 0 bridgehead atoms. The zero-order chi connectivity index (χ0) is 12.3. The van der Waals surface area contributed by atoms with Crippen LogP contribution in [0.3, 0.4) is 0 Å². The molecule has 0 fully saturated rings. The van der Waals surface area contributed by atoms with Gasteiger partial charge in [-0.05, 0) is 23.8 Å². The minimum absolute atomic E-state index is 0.301. The number of hydrogen-bond acceptors (Lipinski definition) is 5. The second-order valence-corrected chi connectivity index (χ2v) is 3.64. The molecule has 0 amide bonds. The van der Waals surface area contributed by atoms with Gasteiger partial charge >= 0.3 is 0 Å². The van der Waals surface area contributed by atoms with Gasteiger partial charge < -0.3 is 4.74 Å². The summed E-state index contributed by atoms with van der Waals surface area (Å²) < 4.78 is 5.07. The number of nitrogens with zero attached hydrogens (tertiary/aromatic N) is 2. The molecule has 1 aliphatic heterocycles. The molecule has 0 unspecified atom stereocenters. The average molecular weight is 251 g/mol. The summed E-state index contributed by atoms with van der Waals surface area (Å²) in [7, 11) is 1.62. The Morgan fingerprint density at radius 3 is 2.53 bits per heavy atom. The van der Waals surface area contributed by atoms with E-state index in [1.807, 2.05) is 30.3 Å². The number of halogens is 1. The number of hydrazine groups is 1. The van der Waals surface area contributed by atoms with Crippen molar-refractivity contribution in [1.29, 1.82) is 0 Å². The molecule has 1 heterocycles. The van der Waals surface area contributed by atoms with Gasteiger partial charge in [0, 0.05) is 0 Å². The molecule has 0 radical (unpaired) electrons. The van der Waals surface area contributed by atoms with E-state index in [1.54, 1.807) is 7.11 Å². The van der Waals surface area contributed by atoms with E-state index in [1.165, 1.54) is 0 Å². The first-order chi connectivity index (χ1) is 8.22. The lowest BCUT2D eigenvalue weighted by Gasteiger charge is -1.99. The van der Waals surface area contributed by atoms with Crippen molar-refractivity contribution < 1.29 is 4.74 Å². The lowest BCUT2D eigenvalue weighted by molar-refractivity contribution is 0.415. The summed E-state index contributed by atoms with van der Waals surface area (Å²) in [6, 6.07) is 7.52. The largest absolute Gasteiger partial charge is 0.497 e. The summed E-state index contributed by atoms with van der Waals surface area (Å²) in [4.78, 5) is 8.02. The van der Waals surface area contributed by atoms with Gasteiger partial charge in [0.05, 0.1) is 7.11 Å². The van der Waals surface area contributed by atoms with Crippen LogP contribution in [0.15, 0.2) is 39.9 Å². The lowest BCUT2D eigenvalue weighted by atomic mass is 10.2. The van der Waals surface area contributed by atoms with Gasteiger partial charge in [0.1, 0.15) is 11.4 Å². The maximum absolute atomic E-state index is 5.91. The molecule has 2 rings (SSSR count). The fourth-order valence-corrected chi connectivity index (χ4v) is 1.53. The summed E-state index contributed by atoms with van der Waals surface area (Å²) in [6.07, 6.45) is 1.82. The van der Waals surface area contributed by atoms with E-state index in [0.29, 0.717) is 16.8 Å². The smallest absolute Gasteiger partial charge is 0.239 e. The van der Waals surface area contributed by atoms with Crippen LogP contribution in [0, 0.1) is 0 Å². The zero-order valence-corrected chi connectivity index (χ0v) is 9.90. The second-order valence-electron chi connectivity index (χ2n) is 3.29. The van der Waals surface area contributed by atoms with Crippen molar-refractivity contribution in [2.75, 3.05) is 7.11 Å². The van der Waals surface area contributed by atoms with E-state index in [0.717, 1.165) is 11.3 Å². The highest BCUT2D eigenvalue weighted by Gasteiger charge is 2.13. The van der Waals surface area contributed by atoms with Gasteiger partial charge in [-0.1, -0.05) is 23.7 Å². The fourth-order valence-electron chi connectivity index (χ4n) is 1.35. The van der Waals surface area contributed by atoms with E-state index in [-0.39, 0.29) is 0 Å². The highest BCUT2D eigenvalue weighted by Crippen LogP contribution is 2.18. The minimum atomic E-state index is 0.301. The lowest BCUT2D eigenvalue weighted by Crippen LogP contribution is -2.27. The first-order valence-electron chi connectivity index (χ1n) is 4.88. The zero-order valence-electron chi connectivity index (χ0n) is 9.14. The minimum Gasteiger partial charge on any atom is -0.497 e. The number of methoxy groups -OCH3 is 1. The number of guanidine groups is 1. The first kappa shape index (κ1) is 11.6. The van der Waals surface area contributed by atoms with Gasteiger partial charge in [-0.2, -0.15) is 4.99 Å². The molecule has 5 nitrogen and oxygen atoms in total. The summed E-state index contributed by atoms with van der Waals surface area (Å²) in [6.45, 7) is 0. The molecule has 0 aromatic heterocycles. The Bertz CT molecular complexity index is 505. The number of aliphatic imine (C=N–C) groups is 2. The van der Waals surface area contributed by atoms with Crippen LogP contribution in [0.4, 0.5) is 0 Å². The van der Waals surface area contributed by atoms with E-state index in [4.69, 9.17) is 22.2 Å². The van der Waals surface area contributed by atoms with Crippen LogP contribution < -0.4 is 16.0 Å². The Kier molecular flexibility index (Phi) is 3.41. The molecule has 0 atom stereocenters. The van der Waals surface area contributed by atoms with E-state index >= 15 is 0 Å². The number of nitrogens with one attached hydrogen (secondary N) is 1. The van der Waals surface area contributed by atoms with Gasteiger partial charge in [0.25, 0.3) is 0 Å². The summed E-state index contributed by atoms with van der Waals surface area (Å²) >= 11 is 5.91. The SMILES string of the molecule is COc1ccc(C=C2N=C(NN)N=C2Cl)cc1. The molecule has 0 saturated heterocycles. The van der Waals surface area contributed by atoms with Crippen molar-refractivity contribution in [1.82, 2.24) is 5.43 Å². The molecule has 1 aromatic rings. The molecule has 0 saturated carbocycles. The Balaban J connectivity index is 2.25. The van der Waals surface area contributed by atoms with Crippen LogP contribution >= 0.6 is 11.6 Å². The van der Waals surface area contributed by atoms with Crippen molar-refractivity contribution >= 4 is 28.8 Å². The van der Waals surface area contributed by atoms with Crippen LogP contribution in [-0.2, 0) is 0 Å². The maximum atomic E-state index is 5.91. The molecular formula is C11H11ClN4O. The van der Waals surface area contributed by atoms with Gasteiger partial charge in [-0.15, -0.1) is 0 Å². The number of benzene rings is 1. The first-order valence-corrected chi connectivity index (χ1v) is 5.26. The number of ether oxygens (including phenoxy) is 1. The maximum Gasteiger partial charge on any atom is 0.239 e. The Hall–Kier alpha value is -1.85. The van der Waals surface area contributed by atoms with Crippen molar-refractivity contribution in [3.05, 3.63) is 35.5 Å². The third-order valence-corrected chi connectivity index (χ3v) is 2.47. The van der Waals surface area contributed by atoms with Gasteiger partial charge in [0.2, 0.25) is 5.96 Å². The molecule has 3 N–H and O–H groups in total. The standard InChI is InChI=1S/C11H11ClN4O/c1-17-8-4-2-7(3-5-8)6-9-10(12)15-11(14-9)16-13/h2-6H,13H2,1H3,(H,14,16). The molecule has 88 valence electrons. The van der Waals surface area contributed by atoms with Crippen molar-refractivity contribution in [3.8, 4) is 5.75 Å². The van der Waals surface area contributed by atoms with Crippen molar-refractivity contribution in [2.45, 2.75) is 0 Å². The summed E-state index contributed by atoms with van der Waals surface area (Å²) in [5.41, 5.74) is 3.87. The third kappa shape index (κ3) is 2.64. The van der Waals surface area contributed by atoms with Gasteiger partial charge in [-0.3, -0.25) is 5.43 Å². The molecule has 1 aliphatic rings. The Morgan fingerprint density at radius 2 is 2.00 bits per heavy atom. The number of allylic oxidation sites excluding steroid dienone is 1. The molecular weight excluding hydrogens is 240 g/mol. The van der Waals surface area contributed by atoms with Crippen LogP contribution in [0.5, 0.6) is 5.75 Å². The predicted molar refractivity (Wildman–Crippen MR) is 69.0 cm³/mol. The monoisotopic (exact) mass is 250 g/mol. The Morgan fingerprint density at radius 1 is 1.29 bits per heavy atom. The average Bonchev–Trinajstić information content (AvgIpc) is 2.71. The van der Waals surface area contributed by atoms with E-state index in [2.05, 4.69) is 15.4 Å². The van der Waals surface area contributed by atoms with Crippen LogP contribution in [-0.4, -0.2) is 18.2 Å². The number of hydrogen-bond donors (Lipinski definition) is 2. The fraction of sp³-hybridized carbons (Fsp3) is 0.0909. The van der Waals surface area contributed by atoms with E-state index in [9.17, 15) is 0 Å². The quantitative estimate of drug-likeness (QED) is 0.617. The second kappa shape index (κ2) is 4.99. The normalized spacial score (nSPS) is 16.8. The molecule has 6 heteroatoms.